The number of rotatable bonds is 4. The molecular weight excluding hydrogens is 324 g/mol. The van der Waals surface area contributed by atoms with E-state index in [1.165, 1.54) is 12.1 Å². The maximum atomic E-state index is 13.8. The van der Waals surface area contributed by atoms with E-state index in [0.717, 1.165) is 37.7 Å². The highest BCUT2D eigenvalue weighted by Gasteiger charge is 2.19. The summed E-state index contributed by atoms with van der Waals surface area (Å²) < 4.78 is 27.1. The number of hydrogen-bond acceptors (Lipinski definition) is 3. The number of carbonyl (C=O) groups excluding carboxylic acids is 1. The summed E-state index contributed by atoms with van der Waals surface area (Å²) in [6.45, 7) is 2.03. The van der Waals surface area contributed by atoms with Crippen LogP contribution in [0, 0.1) is 11.6 Å². The van der Waals surface area contributed by atoms with Gasteiger partial charge in [-0.2, -0.15) is 0 Å². The van der Waals surface area contributed by atoms with E-state index in [4.69, 9.17) is 0 Å². The molecule has 132 valence electrons. The molecule has 0 saturated carbocycles. The number of nitrogens with one attached hydrogen (secondary N) is 2. The second-order valence-electron chi connectivity index (χ2n) is 6.32. The Balaban J connectivity index is 1.74. The van der Waals surface area contributed by atoms with Crippen molar-refractivity contribution in [3.8, 4) is 0 Å². The van der Waals surface area contributed by atoms with Crippen LogP contribution in [-0.2, 0) is 0 Å². The molecule has 6 heteroatoms. The molecule has 3 rings (SSSR count). The fourth-order valence-corrected chi connectivity index (χ4v) is 2.96. The predicted octanol–water partition coefficient (Wildman–Crippen LogP) is 3.72. The number of halogens is 2. The van der Waals surface area contributed by atoms with Crippen LogP contribution >= 0.6 is 0 Å². The molecule has 2 aromatic rings. The molecule has 4 nitrogen and oxygen atoms in total. The molecule has 0 atom stereocenters. The molecule has 25 heavy (non-hydrogen) atoms. The molecule has 0 spiro atoms. The van der Waals surface area contributed by atoms with Crippen molar-refractivity contribution in [1.29, 1.82) is 0 Å². The molecule has 0 aromatic heterocycles. The Hall–Kier alpha value is -2.47. The Kier molecular flexibility index (Phi) is 5.28. The zero-order chi connectivity index (χ0) is 17.8. The van der Waals surface area contributed by atoms with Crippen LogP contribution in [0.15, 0.2) is 42.5 Å². The number of nitrogens with zero attached hydrogens (tertiary/aromatic N) is 1. The molecule has 1 aliphatic rings. The number of hydrogen-bond donors (Lipinski definition) is 2. The molecule has 2 aromatic carbocycles. The lowest BCUT2D eigenvalue weighted by molar-refractivity contribution is 0.102. The first-order valence-corrected chi connectivity index (χ1v) is 8.34. The van der Waals surface area contributed by atoms with Crippen molar-refractivity contribution in [2.24, 2.45) is 0 Å². The van der Waals surface area contributed by atoms with Crippen LogP contribution in [0.25, 0.3) is 0 Å². The van der Waals surface area contributed by atoms with Crippen LogP contribution in [0.5, 0.6) is 0 Å². The minimum atomic E-state index is -1.14. The van der Waals surface area contributed by atoms with Gasteiger partial charge in [0.05, 0.1) is 16.9 Å². The number of carbonyl (C=O) groups is 1. The number of anilines is 2. The van der Waals surface area contributed by atoms with Crippen LogP contribution in [0.4, 0.5) is 20.2 Å². The van der Waals surface area contributed by atoms with Crippen LogP contribution in [0.2, 0.25) is 0 Å². The first-order chi connectivity index (χ1) is 12.0. The molecule has 1 heterocycles. The monoisotopic (exact) mass is 345 g/mol. The Morgan fingerprint density at radius 1 is 1.04 bits per heavy atom. The van der Waals surface area contributed by atoms with Gasteiger partial charge < -0.3 is 15.5 Å². The summed E-state index contributed by atoms with van der Waals surface area (Å²) >= 11 is 0. The van der Waals surface area contributed by atoms with Gasteiger partial charge in [0.15, 0.2) is 11.6 Å². The fourth-order valence-electron chi connectivity index (χ4n) is 2.96. The summed E-state index contributed by atoms with van der Waals surface area (Å²) in [6, 6.07) is 11.2. The highest BCUT2D eigenvalue weighted by atomic mass is 19.2. The van der Waals surface area contributed by atoms with Gasteiger partial charge >= 0.3 is 0 Å². The zero-order valence-electron chi connectivity index (χ0n) is 14.1. The SMILES string of the molecule is CN1CCC(Nc2ccccc2NC(=O)c2cccc(F)c2F)CC1. The number of para-hydroxylation sites is 2. The summed E-state index contributed by atoms with van der Waals surface area (Å²) in [5.41, 5.74) is 1.02. The van der Waals surface area contributed by atoms with Crippen LogP contribution in [-0.4, -0.2) is 37.0 Å². The highest BCUT2D eigenvalue weighted by Crippen LogP contribution is 2.25. The standard InChI is InChI=1S/C19H21F2N3O/c1-24-11-9-13(10-12-24)22-16-7-2-3-8-17(16)23-19(25)14-5-4-6-15(20)18(14)21/h2-8,13,22H,9-12H2,1H3,(H,23,25). The van der Waals surface area contributed by atoms with Crippen molar-refractivity contribution in [3.63, 3.8) is 0 Å². The third-order valence-electron chi connectivity index (χ3n) is 4.45. The number of piperidine rings is 1. The predicted molar refractivity (Wildman–Crippen MR) is 94.9 cm³/mol. The van der Waals surface area contributed by atoms with Gasteiger partial charge in [0.25, 0.3) is 5.91 Å². The summed E-state index contributed by atoms with van der Waals surface area (Å²) in [5.74, 6) is -2.85. The third kappa shape index (κ3) is 4.14. The average Bonchev–Trinajstić information content (AvgIpc) is 2.61. The van der Waals surface area contributed by atoms with E-state index in [9.17, 15) is 13.6 Å². The molecular formula is C19H21F2N3O. The molecule has 0 radical (unpaired) electrons. The topological polar surface area (TPSA) is 44.4 Å². The largest absolute Gasteiger partial charge is 0.381 e. The second-order valence-corrected chi connectivity index (χ2v) is 6.32. The van der Waals surface area contributed by atoms with Crippen LogP contribution < -0.4 is 10.6 Å². The minimum Gasteiger partial charge on any atom is -0.381 e. The van der Waals surface area contributed by atoms with Crippen molar-refractivity contribution < 1.29 is 13.6 Å². The highest BCUT2D eigenvalue weighted by molar-refractivity contribution is 6.06. The van der Waals surface area contributed by atoms with E-state index in [1.54, 1.807) is 12.1 Å². The average molecular weight is 345 g/mol. The minimum absolute atomic E-state index is 0.311. The molecule has 1 fully saturated rings. The van der Waals surface area contributed by atoms with E-state index < -0.39 is 17.5 Å². The summed E-state index contributed by atoms with van der Waals surface area (Å²) in [4.78, 5) is 14.6. The Morgan fingerprint density at radius 3 is 2.44 bits per heavy atom. The molecule has 0 unspecified atom stereocenters. The Labute approximate surface area is 145 Å². The van der Waals surface area contributed by atoms with Crippen molar-refractivity contribution in [1.82, 2.24) is 4.90 Å². The van der Waals surface area contributed by atoms with Crippen LogP contribution in [0.3, 0.4) is 0 Å². The zero-order valence-corrected chi connectivity index (χ0v) is 14.1. The lowest BCUT2D eigenvalue weighted by Gasteiger charge is -2.30. The van der Waals surface area contributed by atoms with Crippen LogP contribution in [0.1, 0.15) is 23.2 Å². The van der Waals surface area contributed by atoms with Gasteiger partial charge in [0.1, 0.15) is 0 Å². The molecule has 0 aliphatic carbocycles. The van der Waals surface area contributed by atoms with Gasteiger partial charge in [-0.3, -0.25) is 4.79 Å². The molecule has 1 aliphatic heterocycles. The van der Waals surface area contributed by atoms with Gasteiger partial charge in [0, 0.05) is 6.04 Å². The Bertz CT molecular complexity index is 758. The van der Waals surface area contributed by atoms with Gasteiger partial charge in [0.2, 0.25) is 0 Å². The fraction of sp³-hybridized carbons (Fsp3) is 0.316. The number of amides is 1. The molecule has 1 amide bonds. The van der Waals surface area contributed by atoms with Crippen molar-refractivity contribution in [2.75, 3.05) is 30.8 Å². The van der Waals surface area contributed by atoms with Gasteiger partial charge in [-0.1, -0.05) is 18.2 Å². The smallest absolute Gasteiger partial charge is 0.258 e. The van der Waals surface area contributed by atoms with Crippen molar-refractivity contribution in [2.45, 2.75) is 18.9 Å². The van der Waals surface area contributed by atoms with Crippen molar-refractivity contribution in [3.05, 3.63) is 59.7 Å². The van der Waals surface area contributed by atoms with Gasteiger partial charge in [-0.25, -0.2) is 8.78 Å². The van der Waals surface area contributed by atoms with Gasteiger partial charge in [-0.15, -0.1) is 0 Å². The number of benzene rings is 2. The Morgan fingerprint density at radius 2 is 1.72 bits per heavy atom. The lowest BCUT2D eigenvalue weighted by atomic mass is 10.0. The first kappa shape index (κ1) is 17.4. The number of likely N-dealkylation sites (tertiary alicyclic amines) is 1. The maximum Gasteiger partial charge on any atom is 0.258 e. The summed E-state index contributed by atoms with van der Waals surface area (Å²) in [6.07, 6.45) is 2.02. The summed E-state index contributed by atoms with van der Waals surface area (Å²) in [7, 11) is 2.10. The normalized spacial score (nSPS) is 15.8. The maximum absolute atomic E-state index is 13.8. The quantitative estimate of drug-likeness (QED) is 0.888. The summed E-state index contributed by atoms with van der Waals surface area (Å²) in [5, 5.41) is 6.12. The first-order valence-electron chi connectivity index (χ1n) is 8.34. The van der Waals surface area contributed by atoms with Crippen molar-refractivity contribution >= 4 is 17.3 Å². The van der Waals surface area contributed by atoms with E-state index in [0.29, 0.717) is 11.7 Å². The molecule has 1 saturated heterocycles. The second kappa shape index (κ2) is 7.61. The van der Waals surface area contributed by atoms with Gasteiger partial charge in [-0.05, 0) is 57.2 Å². The van der Waals surface area contributed by atoms with E-state index in [1.807, 2.05) is 12.1 Å². The molecule has 2 N–H and O–H groups in total. The third-order valence-corrected chi connectivity index (χ3v) is 4.45. The lowest BCUT2D eigenvalue weighted by Crippen LogP contribution is -2.36. The van der Waals surface area contributed by atoms with E-state index in [2.05, 4.69) is 22.6 Å². The van der Waals surface area contributed by atoms with E-state index >= 15 is 0 Å². The van der Waals surface area contributed by atoms with E-state index in [-0.39, 0.29) is 5.56 Å². The molecule has 0 bridgehead atoms.